The van der Waals surface area contributed by atoms with E-state index in [1.54, 1.807) is 14.2 Å². The average Bonchev–Trinajstić information content (AvgIpc) is 3.20. The van der Waals surface area contributed by atoms with Gasteiger partial charge in [-0.3, -0.25) is 0 Å². The minimum Gasteiger partial charge on any atom is -0.497 e. The molecule has 1 saturated heterocycles. The maximum atomic E-state index is 5.95. The molecule has 4 heteroatoms. The van der Waals surface area contributed by atoms with E-state index in [-0.39, 0.29) is 6.10 Å². The third-order valence-electron chi connectivity index (χ3n) is 4.16. The molecule has 20 heavy (non-hydrogen) atoms. The zero-order valence-electron chi connectivity index (χ0n) is 12.2. The van der Waals surface area contributed by atoms with Crippen LogP contribution in [0.25, 0.3) is 0 Å². The predicted molar refractivity (Wildman–Crippen MR) is 77.4 cm³/mol. The Morgan fingerprint density at radius 2 is 1.80 bits per heavy atom. The minimum atomic E-state index is 0.144. The molecule has 2 aliphatic rings. The third kappa shape index (κ3) is 3.07. The lowest BCUT2D eigenvalue weighted by Gasteiger charge is -2.20. The van der Waals surface area contributed by atoms with Crippen LogP contribution in [-0.4, -0.2) is 33.4 Å². The van der Waals surface area contributed by atoms with Gasteiger partial charge in [0.1, 0.15) is 11.5 Å². The maximum absolute atomic E-state index is 5.95. The van der Waals surface area contributed by atoms with Crippen molar-refractivity contribution in [1.29, 1.82) is 0 Å². The standard InChI is InChI=1S/C16H23NO3/c1-18-14-7-12(8-15(9-14)19-2)16-11(5-6-20-16)10-17-13-3-4-13/h7-9,11,13,16-17H,3-6,10H2,1-2H3. The molecular formula is C16H23NO3. The first-order chi connectivity index (χ1) is 9.80. The van der Waals surface area contributed by atoms with E-state index in [4.69, 9.17) is 14.2 Å². The van der Waals surface area contributed by atoms with Crippen LogP contribution in [0.1, 0.15) is 30.9 Å². The Labute approximate surface area is 120 Å². The van der Waals surface area contributed by atoms with E-state index in [0.717, 1.165) is 42.7 Å². The molecule has 110 valence electrons. The van der Waals surface area contributed by atoms with Crippen molar-refractivity contribution in [1.82, 2.24) is 5.32 Å². The SMILES string of the molecule is COc1cc(OC)cc(C2OCCC2CNC2CC2)c1. The van der Waals surface area contributed by atoms with Gasteiger partial charge in [-0.2, -0.15) is 0 Å². The van der Waals surface area contributed by atoms with E-state index < -0.39 is 0 Å². The molecule has 4 nitrogen and oxygen atoms in total. The maximum Gasteiger partial charge on any atom is 0.122 e. The van der Waals surface area contributed by atoms with Gasteiger partial charge in [0.05, 0.1) is 20.3 Å². The van der Waals surface area contributed by atoms with Crippen molar-refractivity contribution in [3.05, 3.63) is 23.8 Å². The molecule has 1 heterocycles. The lowest BCUT2D eigenvalue weighted by atomic mass is 9.95. The molecule has 1 N–H and O–H groups in total. The largest absolute Gasteiger partial charge is 0.497 e. The summed E-state index contributed by atoms with van der Waals surface area (Å²) in [6.45, 7) is 1.87. The van der Waals surface area contributed by atoms with Gasteiger partial charge in [0.15, 0.2) is 0 Å². The highest BCUT2D eigenvalue weighted by Gasteiger charge is 2.32. The summed E-state index contributed by atoms with van der Waals surface area (Å²) in [5, 5.41) is 3.61. The van der Waals surface area contributed by atoms with Crippen LogP contribution in [0.5, 0.6) is 11.5 Å². The minimum absolute atomic E-state index is 0.144. The van der Waals surface area contributed by atoms with Gasteiger partial charge in [-0.05, 0) is 37.0 Å². The van der Waals surface area contributed by atoms with Crippen LogP contribution in [0.2, 0.25) is 0 Å². The number of hydrogen-bond acceptors (Lipinski definition) is 4. The van der Waals surface area contributed by atoms with Gasteiger partial charge >= 0.3 is 0 Å². The number of hydrogen-bond donors (Lipinski definition) is 1. The first kappa shape index (κ1) is 13.7. The van der Waals surface area contributed by atoms with E-state index in [2.05, 4.69) is 17.4 Å². The Kier molecular flexibility index (Phi) is 4.13. The Bertz CT molecular complexity index is 437. The Balaban J connectivity index is 1.75. The van der Waals surface area contributed by atoms with Gasteiger partial charge in [-0.1, -0.05) is 0 Å². The molecule has 1 saturated carbocycles. The molecule has 2 atom stereocenters. The molecule has 1 aromatic carbocycles. The fourth-order valence-electron chi connectivity index (χ4n) is 2.81. The van der Waals surface area contributed by atoms with Crippen LogP contribution in [-0.2, 0) is 4.74 Å². The van der Waals surface area contributed by atoms with Gasteiger partial charge in [0.25, 0.3) is 0 Å². The Morgan fingerprint density at radius 1 is 1.10 bits per heavy atom. The highest BCUT2D eigenvalue weighted by Crippen LogP contribution is 2.38. The van der Waals surface area contributed by atoms with Crippen LogP contribution in [0.15, 0.2) is 18.2 Å². The van der Waals surface area contributed by atoms with Crippen molar-refractivity contribution in [2.45, 2.75) is 31.4 Å². The topological polar surface area (TPSA) is 39.7 Å². The van der Waals surface area contributed by atoms with E-state index >= 15 is 0 Å². The van der Waals surface area contributed by atoms with Gasteiger partial charge in [0, 0.05) is 31.2 Å². The normalized spacial score (nSPS) is 25.7. The number of rotatable bonds is 6. The summed E-state index contributed by atoms with van der Waals surface area (Å²) in [6, 6.07) is 6.76. The van der Waals surface area contributed by atoms with E-state index in [0.29, 0.717) is 5.92 Å². The molecule has 0 aromatic heterocycles. The van der Waals surface area contributed by atoms with Crippen molar-refractivity contribution >= 4 is 0 Å². The van der Waals surface area contributed by atoms with Crippen LogP contribution in [0.4, 0.5) is 0 Å². The second-order valence-electron chi connectivity index (χ2n) is 5.67. The van der Waals surface area contributed by atoms with E-state index in [1.165, 1.54) is 12.8 Å². The second kappa shape index (κ2) is 6.02. The molecule has 0 radical (unpaired) electrons. The van der Waals surface area contributed by atoms with Crippen molar-refractivity contribution < 1.29 is 14.2 Å². The quantitative estimate of drug-likeness (QED) is 0.867. The number of ether oxygens (including phenoxy) is 3. The lowest BCUT2D eigenvalue weighted by Crippen LogP contribution is -2.26. The Morgan fingerprint density at radius 3 is 2.40 bits per heavy atom. The number of benzene rings is 1. The van der Waals surface area contributed by atoms with E-state index in [9.17, 15) is 0 Å². The fourth-order valence-corrected chi connectivity index (χ4v) is 2.81. The summed E-state index contributed by atoms with van der Waals surface area (Å²) in [4.78, 5) is 0. The summed E-state index contributed by atoms with van der Waals surface area (Å²) in [6.07, 6.45) is 3.91. The molecule has 0 amide bonds. The lowest BCUT2D eigenvalue weighted by molar-refractivity contribution is 0.0900. The van der Waals surface area contributed by atoms with Crippen molar-refractivity contribution in [3.63, 3.8) is 0 Å². The van der Waals surface area contributed by atoms with Gasteiger partial charge in [0.2, 0.25) is 0 Å². The second-order valence-corrected chi connectivity index (χ2v) is 5.67. The highest BCUT2D eigenvalue weighted by molar-refractivity contribution is 5.39. The van der Waals surface area contributed by atoms with Crippen LogP contribution >= 0.6 is 0 Å². The first-order valence-corrected chi connectivity index (χ1v) is 7.38. The molecule has 1 aliphatic carbocycles. The summed E-state index contributed by atoms with van der Waals surface area (Å²) in [7, 11) is 3.36. The van der Waals surface area contributed by atoms with Crippen LogP contribution < -0.4 is 14.8 Å². The average molecular weight is 277 g/mol. The predicted octanol–water partition coefficient (Wildman–Crippen LogP) is 2.53. The summed E-state index contributed by atoms with van der Waals surface area (Å²) < 4.78 is 16.7. The molecular weight excluding hydrogens is 254 g/mol. The first-order valence-electron chi connectivity index (χ1n) is 7.38. The monoisotopic (exact) mass is 277 g/mol. The molecule has 1 aromatic rings. The number of nitrogens with one attached hydrogen (secondary N) is 1. The summed E-state index contributed by atoms with van der Waals surface area (Å²) in [5.41, 5.74) is 1.15. The fraction of sp³-hybridized carbons (Fsp3) is 0.625. The molecule has 0 bridgehead atoms. The molecule has 0 spiro atoms. The van der Waals surface area contributed by atoms with Gasteiger partial charge in [-0.25, -0.2) is 0 Å². The van der Waals surface area contributed by atoms with Crippen molar-refractivity contribution in [2.24, 2.45) is 5.92 Å². The zero-order valence-corrected chi connectivity index (χ0v) is 12.2. The molecule has 1 aliphatic heterocycles. The smallest absolute Gasteiger partial charge is 0.122 e. The van der Waals surface area contributed by atoms with Crippen molar-refractivity contribution in [3.8, 4) is 11.5 Å². The highest BCUT2D eigenvalue weighted by atomic mass is 16.5. The van der Waals surface area contributed by atoms with Crippen LogP contribution in [0, 0.1) is 5.92 Å². The zero-order chi connectivity index (χ0) is 13.9. The van der Waals surface area contributed by atoms with E-state index in [1.807, 2.05) is 6.07 Å². The number of methoxy groups -OCH3 is 2. The molecule has 2 unspecified atom stereocenters. The molecule has 3 rings (SSSR count). The third-order valence-corrected chi connectivity index (χ3v) is 4.16. The van der Waals surface area contributed by atoms with Gasteiger partial charge < -0.3 is 19.5 Å². The van der Waals surface area contributed by atoms with Crippen molar-refractivity contribution in [2.75, 3.05) is 27.4 Å². The summed E-state index contributed by atoms with van der Waals surface area (Å²) >= 11 is 0. The van der Waals surface area contributed by atoms with Gasteiger partial charge in [-0.15, -0.1) is 0 Å². The van der Waals surface area contributed by atoms with Crippen LogP contribution in [0.3, 0.4) is 0 Å². The summed E-state index contributed by atoms with van der Waals surface area (Å²) in [5.74, 6) is 2.18. The Hall–Kier alpha value is -1.26. The molecule has 2 fully saturated rings.